The van der Waals surface area contributed by atoms with E-state index < -0.39 is 38.7 Å². The Bertz CT molecular complexity index is 464. The van der Waals surface area contributed by atoms with E-state index in [1.165, 1.54) is 6.26 Å². The van der Waals surface area contributed by atoms with E-state index in [4.69, 9.17) is 5.73 Å². The Morgan fingerprint density at radius 2 is 1.79 bits per heavy atom. The molecule has 0 radical (unpaired) electrons. The Kier molecular flexibility index (Phi) is 5.65. The van der Waals surface area contributed by atoms with Crippen LogP contribution in [0.25, 0.3) is 0 Å². The molecule has 1 amide bonds. The first-order valence-electron chi connectivity index (χ1n) is 4.50. The number of esters is 1. The molecule has 0 spiro atoms. The Hall–Kier alpha value is -1.01. The molecule has 0 saturated heterocycles. The van der Waals surface area contributed by atoms with Crippen LogP contribution < -0.4 is 11.5 Å². The molecule has 0 aromatic carbocycles. The van der Waals surface area contributed by atoms with Gasteiger partial charge in [0.25, 0.3) is 9.84 Å². The molecule has 0 fully saturated rings. The number of sulfone groups is 1. The van der Waals surface area contributed by atoms with Crippen LogP contribution in [0.15, 0.2) is 0 Å². The Balaban J connectivity index is 5.67. The van der Waals surface area contributed by atoms with E-state index in [-0.39, 0.29) is 5.75 Å². The second-order valence-electron chi connectivity index (χ2n) is 3.29. The molecule has 0 bridgehead atoms. The molecule has 0 aliphatic rings. The van der Waals surface area contributed by atoms with Crippen LogP contribution in [0.2, 0.25) is 0 Å². The number of carbonyl (C=O) groups is 2. The molecule has 0 unspecified atom stereocenters. The molecule has 0 aliphatic heterocycles. The van der Waals surface area contributed by atoms with E-state index in [1.54, 1.807) is 0 Å². The van der Waals surface area contributed by atoms with Crippen molar-refractivity contribution in [2.45, 2.75) is 16.8 Å². The largest absolute Gasteiger partial charge is 0.499 e. The van der Waals surface area contributed by atoms with Gasteiger partial charge in [0, 0.05) is 6.42 Å². The van der Waals surface area contributed by atoms with Crippen molar-refractivity contribution >= 4 is 33.7 Å². The van der Waals surface area contributed by atoms with Crippen molar-refractivity contribution in [1.29, 1.82) is 0 Å². The number of ether oxygens (including phenoxy) is 1. The number of nitrogens with two attached hydrogens (primary N) is 2. The fourth-order valence-corrected chi connectivity index (χ4v) is 2.68. The number of rotatable bonds is 5. The summed E-state index contributed by atoms with van der Waals surface area (Å²) < 4.78 is 63.6. The SMILES string of the molecule is CSCC[C@](N)(C(=O)OC(N)=O)S(=O)(=O)C(F)(F)F. The van der Waals surface area contributed by atoms with Crippen molar-refractivity contribution in [3.8, 4) is 0 Å². The van der Waals surface area contributed by atoms with Gasteiger partial charge in [0.05, 0.1) is 0 Å². The van der Waals surface area contributed by atoms with Crippen molar-refractivity contribution in [2.24, 2.45) is 11.5 Å². The highest BCUT2D eigenvalue weighted by atomic mass is 32.2. The monoisotopic (exact) mass is 324 g/mol. The van der Waals surface area contributed by atoms with Crippen molar-refractivity contribution in [1.82, 2.24) is 0 Å². The predicted octanol–water partition coefficient (Wildman–Crippen LogP) is -0.0490. The topological polar surface area (TPSA) is 130 Å². The van der Waals surface area contributed by atoms with Gasteiger partial charge in [-0.1, -0.05) is 0 Å². The van der Waals surface area contributed by atoms with Crippen molar-refractivity contribution in [3.63, 3.8) is 0 Å². The number of hydrogen-bond acceptors (Lipinski definition) is 7. The van der Waals surface area contributed by atoms with Crippen LogP contribution in [0.5, 0.6) is 0 Å². The van der Waals surface area contributed by atoms with E-state index in [0.717, 1.165) is 11.8 Å². The summed E-state index contributed by atoms with van der Waals surface area (Å²) in [6, 6.07) is 0. The zero-order valence-electron chi connectivity index (χ0n) is 9.56. The molecule has 1 atom stereocenters. The van der Waals surface area contributed by atoms with Gasteiger partial charge in [-0.05, 0) is 12.0 Å². The minimum absolute atomic E-state index is 0.181. The molecule has 19 heavy (non-hydrogen) atoms. The molecule has 112 valence electrons. The second-order valence-corrected chi connectivity index (χ2v) is 6.47. The minimum atomic E-state index is -6.07. The van der Waals surface area contributed by atoms with Gasteiger partial charge in [0.1, 0.15) is 0 Å². The van der Waals surface area contributed by atoms with E-state index in [2.05, 4.69) is 10.5 Å². The maximum absolute atomic E-state index is 12.5. The summed E-state index contributed by atoms with van der Waals surface area (Å²) in [4.78, 5) is 18.3. The van der Waals surface area contributed by atoms with E-state index in [9.17, 15) is 31.2 Å². The van der Waals surface area contributed by atoms with Crippen LogP contribution in [0.1, 0.15) is 6.42 Å². The number of alkyl halides is 3. The summed E-state index contributed by atoms with van der Waals surface area (Å²) in [5.74, 6) is -2.24. The predicted molar refractivity (Wildman–Crippen MR) is 60.6 cm³/mol. The smallest absolute Gasteiger partial charge is 0.374 e. The van der Waals surface area contributed by atoms with Gasteiger partial charge in [0.15, 0.2) is 0 Å². The van der Waals surface area contributed by atoms with Gasteiger partial charge in [-0.15, -0.1) is 0 Å². The van der Waals surface area contributed by atoms with Crippen LogP contribution >= 0.6 is 11.8 Å². The fourth-order valence-electron chi connectivity index (χ4n) is 0.984. The molecule has 7 nitrogen and oxygen atoms in total. The second kappa shape index (κ2) is 5.96. The van der Waals surface area contributed by atoms with Crippen LogP contribution in [0, 0.1) is 0 Å². The maximum Gasteiger partial charge on any atom is 0.499 e. The zero-order chi connectivity index (χ0) is 15.5. The van der Waals surface area contributed by atoms with Crippen molar-refractivity contribution in [2.75, 3.05) is 12.0 Å². The average Bonchev–Trinajstić information content (AvgIpc) is 2.22. The summed E-state index contributed by atoms with van der Waals surface area (Å²) in [5, 5.41) is 0. The van der Waals surface area contributed by atoms with E-state index in [0.29, 0.717) is 0 Å². The number of carbonyl (C=O) groups excluding carboxylic acids is 2. The number of primary amides is 1. The van der Waals surface area contributed by atoms with Gasteiger partial charge in [-0.25, -0.2) is 18.0 Å². The molecular formula is C7H11F3N2O5S2. The lowest BCUT2D eigenvalue weighted by Crippen LogP contribution is -2.60. The van der Waals surface area contributed by atoms with Crippen LogP contribution in [0.3, 0.4) is 0 Å². The summed E-state index contributed by atoms with van der Waals surface area (Å²) in [7, 11) is -6.07. The van der Waals surface area contributed by atoms with E-state index in [1.807, 2.05) is 0 Å². The van der Waals surface area contributed by atoms with Gasteiger partial charge < -0.3 is 16.2 Å². The summed E-state index contributed by atoms with van der Waals surface area (Å²) >= 11 is 0.956. The lowest BCUT2D eigenvalue weighted by molar-refractivity contribution is -0.140. The number of halogens is 3. The van der Waals surface area contributed by atoms with Crippen molar-refractivity contribution < 1.29 is 35.9 Å². The quantitative estimate of drug-likeness (QED) is 0.535. The molecule has 0 saturated carbocycles. The molecule has 4 N–H and O–H groups in total. The van der Waals surface area contributed by atoms with Crippen molar-refractivity contribution in [3.05, 3.63) is 0 Å². The first-order valence-corrected chi connectivity index (χ1v) is 7.38. The lowest BCUT2D eigenvalue weighted by atomic mass is 10.2. The van der Waals surface area contributed by atoms with Gasteiger partial charge in [-0.2, -0.15) is 24.9 Å². The highest BCUT2D eigenvalue weighted by Gasteiger charge is 2.62. The highest BCUT2D eigenvalue weighted by Crippen LogP contribution is 2.34. The number of thioether (sulfide) groups is 1. The molecule has 0 heterocycles. The molecule has 0 rings (SSSR count). The Morgan fingerprint density at radius 1 is 1.32 bits per heavy atom. The zero-order valence-corrected chi connectivity index (χ0v) is 11.2. The summed E-state index contributed by atoms with van der Waals surface area (Å²) in [6.07, 6.45) is -1.18. The third-order valence-corrected chi connectivity index (χ3v) is 4.55. The summed E-state index contributed by atoms with van der Waals surface area (Å²) in [6.45, 7) is 0. The van der Waals surface area contributed by atoms with Gasteiger partial charge in [-0.3, -0.25) is 0 Å². The lowest BCUT2D eigenvalue weighted by Gasteiger charge is -2.26. The molecule has 12 heteroatoms. The Labute approximate surface area is 110 Å². The van der Waals surface area contributed by atoms with Crippen LogP contribution in [-0.2, 0) is 19.4 Å². The van der Waals surface area contributed by atoms with Crippen LogP contribution in [-0.4, -0.2) is 42.9 Å². The maximum atomic E-state index is 12.5. The third-order valence-electron chi connectivity index (χ3n) is 2.00. The normalized spacial score (nSPS) is 15.6. The highest BCUT2D eigenvalue weighted by molar-refractivity contribution is 7.98. The van der Waals surface area contributed by atoms with Crippen LogP contribution in [0.4, 0.5) is 18.0 Å². The molecule has 0 aromatic rings. The number of amides is 1. The van der Waals surface area contributed by atoms with Gasteiger partial charge >= 0.3 is 17.6 Å². The minimum Gasteiger partial charge on any atom is -0.374 e. The van der Waals surface area contributed by atoms with Gasteiger partial charge in [0.2, 0.25) is 4.87 Å². The first kappa shape index (κ1) is 18.0. The molecule has 0 aromatic heterocycles. The third kappa shape index (κ3) is 3.73. The number of hydrogen-bond donors (Lipinski definition) is 2. The average molecular weight is 324 g/mol. The molecule has 0 aliphatic carbocycles. The standard InChI is InChI=1S/C7H11F3N2O5S2/c1-18-3-2-6(12,4(13)17-5(11)14)19(15,16)7(8,9)10/h2-3,12H2,1H3,(H2,11,14)/t6-/m1/s1. The Morgan fingerprint density at radius 3 is 2.11 bits per heavy atom. The summed E-state index contributed by atoms with van der Waals surface area (Å²) in [5.41, 5.74) is 3.72. The fraction of sp³-hybridized carbons (Fsp3) is 0.714. The first-order chi connectivity index (χ1) is 8.40. The molecular weight excluding hydrogens is 313 g/mol. The van der Waals surface area contributed by atoms with E-state index >= 15 is 0 Å².